The van der Waals surface area contributed by atoms with Crippen molar-refractivity contribution in [1.29, 1.82) is 0 Å². The number of nitrogens with zero attached hydrogens (tertiary/aromatic N) is 4. The Labute approximate surface area is 317 Å². The zero-order valence-corrected chi connectivity index (χ0v) is 31.8. The van der Waals surface area contributed by atoms with E-state index in [1.54, 1.807) is 82.4 Å². The van der Waals surface area contributed by atoms with Gasteiger partial charge < -0.3 is 25.3 Å². The SMILES string of the molecule is C=CC(OC(=O)C(N)C(C)(C)C)OC(=O)N(c1nc2ccc(-c3ccc(NC(=O)C(C)c4ccc(F)cc4)cc3)cn2n1)c1ccc(S(C)(=O)=O)cc1OC. The van der Waals surface area contributed by atoms with E-state index in [-0.39, 0.29) is 34.0 Å². The molecule has 3 unspecified atom stereocenters. The lowest BCUT2D eigenvalue weighted by Gasteiger charge is -2.27. The molecule has 0 saturated carbocycles. The fourth-order valence-corrected chi connectivity index (χ4v) is 5.85. The normalized spacial score (nSPS) is 13.3. The molecule has 2 aromatic heterocycles. The number of nitrogens with one attached hydrogen (secondary N) is 1. The van der Waals surface area contributed by atoms with E-state index < -0.39 is 45.6 Å². The molecule has 14 nitrogen and oxygen atoms in total. The zero-order chi connectivity index (χ0) is 40.2. The number of fused-ring (bicyclic) bond motifs is 1. The molecule has 55 heavy (non-hydrogen) atoms. The van der Waals surface area contributed by atoms with Crippen LogP contribution >= 0.6 is 0 Å². The predicted octanol–water partition coefficient (Wildman–Crippen LogP) is 6.39. The summed E-state index contributed by atoms with van der Waals surface area (Å²) < 4.78 is 55.8. The highest BCUT2D eigenvalue weighted by atomic mass is 32.2. The summed E-state index contributed by atoms with van der Waals surface area (Å²) >= 11 is 0. The number of amides is 2. The summed E-state index contributed by atoms with van der Waals surface area (Å²) in [6.07, 6.45) is 1.11. The number of hydrogen-bond acceptors (Lipinski definition) is 11. The minimum Gasteiger partial charge on any atom is -0.495 e. The molecule has 0 fully saturated rings. The van der Waals surface area contributed by atoms with Crippen LogP contribution in [0, 0.1) is 11.2 Å². The van der Waals surface area contributed by atoms with Gasteiger partial charge in [-0.1, -0.05) is 51.6 Å². The second-order valence-corrected chi connectivity index (χ2v) is 15.7. The Kier molecular flexibility index (Phi) is 11.7. The lowest BCUT2D eigenvalue weighted by Crippen LogP contribution is -2.45. The lowest BCUT2D eigenvalue weighted by atomic mass is 9.87. The molecule has 2 heterocycles. The summed E-state index contributed by atoms with van der Waals surface area (Å²) in [7, 11) is -2.37. The van der Waals surface area contributed by atoms with Crippen LogP contribution in [0.3, 0.4) is 0 Å². The number of ether oxygens (including phenoxy) is 3. The third kappa shape index (κ3) is 9.34. The van der Waals surface area contributed by atoms with E-state index in [0.29, 0.717) is 22.5 Å². The number of methoxy groups -OCH3 is 1. The first-order valence-corrected chi connectivity index (χ1v) is 18.8. The van der Waals surface area contributed by atoms with Gasteiger partial charge in [0.2, 0.25) is 5.91 Å². The van der Waals surface area contributed by atoms with Crippen LogP contribution in [-0.2, 0) is 28.9 Å². The molecule has 0 aliphatic rings. The molecule has 0 spiro atoms. The zero-order valence-electron chi connectivity index (χ0n) is 31.0. The number of aromatic nitrogens is 3. The molecule has 3 atom stereocenters. The fourth-order valence-electron chi connectivity index (χ4n) is 5.21. The second kappa shape index (κ2) is 16.1. The van der Waals surface area contributed by atoms with E-state index in [2.05, 4.69) is 22.0 Å². The number of hydrogen-bond donors (Lipinski definition) is 2. The molecule has 0 radical (unpaired) electrons. The highest BCUT2D eigenvalue weighted by Gasteiger charge is 2.34. The van der Waals surface area contributed by atoms with Crippen LogP contribution in [-0.4, -0.2) is 66.7 Å². The van der Waals surface area contributed by atoms with Gasteiger partial charge in [-0.05, 0) is 78.1 Å². The molecule has 3 N–H and O–H groups in total. The second-order valence-electron chi connectivity index (χ2n) is 13.7. The Hall–Kier alpha value is -6.13. The van der Waals surface area contributed by atoms with E-state index in [9.17, 15) is 27.2 Å². The van der Waals surface area contributed by atoms with E-state index in [1.807, 2.05) is 0 Å². The minimum atomic E-state index is -3.66. The van der Waals surface area contributed by atoms with Crippen molar-refractivity contribution in [2.24, 2.45) is 11.1 Å². The average Bonchev–Trinajstić information content (AvgIpc) is 3.56. The summed E-state index contributed by atoms with van der Waals surface area (Å²) in [5.41, 5.74) is 8.43. The minimum absolute atomic E-state index is 0.0166. The quantitative estimate of drug-likeness (QED) is 0.0813. The third-order valence-corrected chi connectivity index (χ3v) is 9.71. The maximum Gasteiger partial charge on any atom is 0.424 e. The van der Waals surface area contributed by atoms with Gasteiger partial charge in [0.1, 0.15) is 17.6 Å². The van der Waals surface area contributed by atoms with Crippen LogP contribution in [0.1, 0.15) is 39.2 Å². The first-order valence-electron chi connectivity index (χ1n) is 16.9. The number of pyridine rings is 1. The van der Waals surface area contributed by atoms with Gasteiger partial charge in [-0.15, -0.1) is 5.10 Å². The smallest absolute Gasteiger partial charge is 0.424 e. The molecular formula is C39H41FN6O8S. The Morgan fingerprint density at radius 3 is 2.24 bits per heavy atom. The molecule has 5 rings (SSSR count). The van der Waals surface area contributed by atoms with E-state index >= 15 is 0 Å². The molecule has 0 bridgehead atoms. The van der Waals surface area contributed by atoms with Crippen LogP contribution < -0.4 is 20.7 Å². The van der Waals surface area contributed by atoms with Gasteiger partial charge in [0.05, 0.1) is 23.6 Å². The van der Waals surface area contributed by atoms with Gasteiger partial charge >= 0.3 is 12.1 Å². The van der Waals surface area contributed by atoms with E-state index in [1.165, 1.54) is 42.0 Å². The average molecular weight is 773 g/mol. The monoisotopic (exact) mass is 772 g/mol. The molecule has 0 saturated heterocycles. The van der Waals surface area contributed by atoms with Crippen molar-refractivity contribution in [1.82, 2.24) is 14.6 Å². The van der Waals surface area contributed by atoms with Gasteiger partial charge in [-0.3, -0.25) is 9.59 Å². The van der Waals surface area contributed by atoms with Gasteiger partial charge in [0, 0.05) is 29.8 Å². The van der Waals surface area contributed by atoms with E-state index in [4.69, 9.17) is 19.9 Å². The maximum absolute atomic E-state index is 13.9. The molecule has 2 amide bonds. The molecule has 0 aliphatic heterocycles. The first kappa shape index (κ1) is 40.1. The van der Waals surface area contributed by atoms with Gasteiger partial charge in [0.15, 0.2) is 15.5 Å². The number of carbonyl (C=O) groups is 3. The predicted molar refractivity (Wildman–Crippen MR) is 204 cm³/mol. The Morgan fingerprint density at radius 1 is 0.982 bits per heavy atom. The standard InChI is InChI=1S/C39H41FN6O8S/c1-8-33(53-36(48)34(41)39(3,4)5)54-38(49)46(30-19-18-29(55(7,50)51)21-31(30)52-6)37-43-32-20-13-26(22-45(32)44-37)25-11-16-28(17-12-25)42-35(47)23(2)24-9-14-27(40)15-10-24/h8-23,33-34H,1,41H2,2-7H3,(H,42,47). The van der Waals surface area contributed by atoms with Crippen molar-refractivity contribution in [3.05, 3.63) is 109 Å². The molecule has 3 aromatic carbocycles. The number of nitrogens with two attached hydrogens (primary N) is 1. The van der Waals surface area contributed by atoms with E-state index in [0.717, 1.165) is 22.8 Å². The molecule has 0 aliphatic carbocycles. The molecule has 5 aromatic rings. The largest absolute Gasteiger partial charge is 0.495 e. The first-order chi connectivity index (χ1) is 25.9. The molecule has 16 heteroatoms. The number of anilines is 3. The Morgan fingerprint density at radius 2 is 1.64 bits per heavy atom. The fraction of sp³-hybridized carbons (Fsp3) is 0.256. The summed E-state index contributed by atoms with van der Waals surface area (Å²) in [6.45, 7) is 10.6. The van der Waals surface area contributed by atoms with Crippen LogP contribution in [0.15, 0.2) is 103 Å². The van der Waals surface area contributed by atoms with Crippen LogP contribution in [0.4, 0.5) is 26.5 Å². The summed E-state index contributed by atoms with van der Waals surface area (Å²) in [5, 5.41) is 7.40. The number of esters is 1. The summed E-state index contributed by atoms with van der Waals surface area (Å²) in [6, 6.07) is 19.1. The highest BCUT2D eigenvalue weighted by molar-refractivity contribution is 7.90. The van der Waals surface area contributed by atoms with Gasteiger partial charge in [0.25, 0.3) is 12.2 Å². The summed E-state index contributed by atoms with van der Waals surface area (Å²) in [5.74, 6) is -2.20. The van der Waals surface area contributed by atoms with Crippen molar-refractivity contribution < 1.29 is 41.4 Å². The lowest BCUT2D eigenvalue weighted by molar-refractivity contribution is -0.164. The number of sulfone groups is 1. The number of carbonyl (C=O) groups excluding carboxylic acids is 3. The summed E-state index contributed by atoms with van der Waals surface area (Å²) in [4.78, 5) is 45.0. The van der Waals surface area contributed by atoms with Crippen molar-refractivity contribution in [3.63, 3.8) is 0 Å². The van der Waals surface area contributed by atoms with Crippen LogP contribution in [0.2, 0.25) is 0 Å². The van der Waals surface area contributed by atoms with Crippen molar-refractivity contribution in [2.45, 2.75) is 50.8 Å². The molecular weight excluding hydrogens is 732 g/mol. The Bertz CT molecular complexity index is 2340. The van der Waals surface area contributed by atoms with Crippen molar-refractivity contribution in [3.8, 4) is 16.9 Å². The van der Waals surface area contributed by atoms with Gasteiger partial charge in [-0.2, -0.15) is 4.98 Å². The Balaban J connectivity index is 1.45. The molecule has 288 valence electrons. The van der Waals surface area contributed by atoms with Gasteiger partial charge in [-0.25, -0.2) is 27.0 Å². The topological polar surface area (TPSA) is 185 Å². The number of benzene rings is 3. The maximum atomic E-state index is 13.9. The number of halogens is 1. The highest BCUT2D eigenvalue weighted by Crippen LogP contribution is 2.36. The van der Waals surface area contributed by atoms with Crippen molar-refractivity contribution >= 4 is 50.8 Å². The van der Waals surface area contributed by atoms with Crippen LogP contribution in [0.25, 0.3) is 16.8 Å². The number of rotatable bonds is 12. The third-order valence-electron chi connectivity index (χ3n) is 8.60. The van der Waals surface area contributed by atoms with Crippen molar-refractivity contribution in [2.75, 3.05) is 23.6 Å². The van der Waals surface area contributed by atoms with Crippen LogP contribution in [0.5, 0.6) is 5.75 Å².